The lowest BCUT2D eigenvalue weighted by molar-refractivity contribution is -0.0146. The van der Waals surface area contributed by atoms with Crippen LogP contribution in [0.3, 0.4) is 0 Å². The van der Waals surface area contributed by atoms with Crippen LogP contribution in [-0.2, 0) is 4.74 Å². The molecule has 1 aliphatic carbocycles. The molecule has 1 N–H and O–H groups in total. The predicted octanol–water partition coefficient (Wildman–Crippen LogP) is 1.89. The van der Waals surface area contributed by atoms with Gasteiger partial charge in [0.05, 0.1) is 12.7 Å². The third-order valence-corrected chi connectivity index (χ3v) is 3.02. The molecule has 1 aliphatic heterocycles. The molecule has 2 rings (SSSR count). The summed E-state index contributed by atoms with van der Waals surface area (Å²) in [5, 5.41) is 3.46. The fourth-order valence-electron chi connectivity index (χ4n) is 2.00. The first-order valence-corrected chi connectivity index (χ1v) is 5.45. The van der Waals surface area contributed by atoms with Crippen LogP contribution < -0.4 is 5.32 Å². The van der Waals surface area contributed by atoms with Crippen LogP contribution in [0.1, 0.15) is 20.3 Å². The smallest absolute Gasteiger partial charge is 0.0765 e. The maximum absolute atomic E-state index is 5.82. The minimum absolute atomic E-state index is 0.367. The summed E-state index contributed by atoms with van der Waals surface area (Å²) < 4.78 is 5.82. The van der Waals surface area contributed by atoms with Crippen LogP contribution in [0.4, 0.5) is 0 Å². The maximum atomic E-state index is 5.82. The van der Waals surface area contributed by atoms with Gasteiger partial charge in [0.25, 0.3) is 0 Å². The SMILES string of the molecule is CC1=CCC([C@H]2CN[C@H](C)CO2)C=C1. The van der Waals surface area contributed by atoms with Crippen LogP contribution in [0.25, 0.3) is 0 Å². The molecule has 1 fully saturated rings. The lowest BCUT2D eigenvalue weighted by Gasteiger charge is -2.33. The normalized spacial score (nSPS) is 38.1. The van der Waals surface area contributed by atoms with Gasteiger partial charge in [-0.3, -0.25) is 0 Å². The standard InChI is InChI=1S/C12H19NO/c1-9-3-5-11(6-4-9)12-7-13-10(2)8-14-12/h3-5,10-13H,6-8H2,1-2H3/t10-,11?,12-/m1/s1. The molecular formula is C12H19NO. The van der Waals surface area contributed by atoms with E-state index < -0.39 is 0 Å². The summed E-state index contributed by atoms with van der Waals surface area (Å²) in [6.45, 7) is 6.15. The van der Waals surface area contributed by atoms with Gasteiger partial charge in [0.2, 0.25) is 0 Å². The van der Waals surface area contributed by atoms with Gasteiger partial charge < -0.3 is 10.1 Å². The van der Waals surface area contributed by atoms with Crippen molar-refractivity contribution in [1.29, 1.82) is 0 Å². The number of hydrogen-bond acceptors (Lipinski definition) is 2. The zero-order chi connectivity index (χ0) is 9.97. The zero-order valence-corrected chi connectivity index (χ0v) is 8.99. The molecule has 0 radical (unpaired) electrons. The van der Waals surface area contributed by atoms with E-state index >= 15 is 0 Å². The molecule has 2 nitrogen and oxygen atoms in total. The van der Waals surface area contributed by atoms with E-state index in [1.807, 2.05) is 0 Å². The summed E-state index contributed by atoms with van der Waals surface area (Å²) >= 11 is 0. The Hall–Kier alpha value is -0.600. The Morgan fingerprint density at radius 3 is 2.93 bits per heavy atom. The van der Waals surface area contributed by atoms with Crippen molar-refractivity contribution >= 4 is 0 Å². The summed E-state index contributed by atoms with van der Waals surface area (Å²) in [5.41, 5.74) is 1.37. The Balaban J connectivity index is 1.88. The number of ether oxygens (including phenoxy) is 1. The van der Waals surface area contributed by atoms with Gasteiger partial charge in [-0.25, -0.2) is 0 Å². The van der Waals surface area contributed by atoms with E-state index in [1.165, 1.54) is 5.57 Å². The molecule has 78 valence electrons. The first-order chi connectivity index (χ1) is 6.75. The van der Waals surface area contributed by atoms with Crippen molar-refractivity contribution in [2.75, 3.05) is 13.2 Å². The van der Waals surface area contributed by atoms with E-state index in [0.717, 1.165) is 19.6 Å². The highest BCUT2D eigenvalue weighted by Crippen LogP contribution is 2.22. The van der Waals surface area contributed by atoms with Gasteiger partial charge in [-0.2, -0.15) is 0 Å². The maximum Gasteiger partial charge on any atom is 0.0765 e. The van der Waals surface area contributed by atoms with E-state index in [9.17, 15) is 0 Å². The number of morpholine rings is 1. The van der Waals surface area contributed by atoms with Crippen molar-refractivity contribution in [1.82, 2.24) is 5.32 Å². The Morgan fingerprint density at radius 2 is 2.36 bits per heavy atom. The fourth-order valence-corrected chi connectivity index (χ4v) is 2.00. The van der Waals surface area contributed by atoms with Crippen molar-refractivity contribution in [3.05, 3.63) is 23.8 Å². The highest BCUT2D eigenvalue weighted by Gasteiger charge is 2.24. The van der Waals surface area contributed by atoms with Gasteiger partial charge in [0.1, 0.15) is 0 Å². The molecule has 2 heteroatoms. The minimum atomic E-state index is 0.367. The largest absolute Gasteiger partial charge is 0.375 e. The van der Waals surface area contributed by atoms with Gasteiger partial charge in [-0.1, -0.05) is 23.8 Å². The van der Waals surface area contributed by atoms with Crippen LogP contribution in [-0.4, -0.2) is 25.3 Å². The number of allylic oxidation sites excluding steroid dienone is 3. The van der Waals surface area contributed by atoms with Gasteiger partial charge in [0, 0.05) is 18.5 Å². The highest BCUT2D eigenvalue weighted by molar-refractivity contribution is 5.22. The molecule has 1 unspecified atom stereocenters. The molecule has 0 amide bonds. The van der Waals surface area contributed by atoms with Gasteiger partial charge in [0.15, 0.2) is 0 Å². The lowest BCUT2D eigenvalue weighted by atomic mass is 9.91. The topological polar surface area (TPSA) is 21.3 Å². The van der Waals surface area contributed by atoms with Crippen molar-refractivity contribution in [3.63, 3.8) is 0 Å². The number of rotatable bonds is 1. The molecular weight excluding hydrogens is 174 g/mol. The number of hydrogen-bond donors (Lipinski definition) is 1. The fraction of sp³-hybridized carbons (Fsp3) is 0.667. The van der Waals surface area contributed by atoms with E-state index in [2.05, 4.69) is 37.4 Å². The Labute approximate surface area is 86.0 Å². The third-order valence-electron chi connectivity index (χ3n) is 3.02. The average molecular weight is 193 g/mol. The van der Waals surface area contributed by atoms with Crippen molar-refractivity contribution < 1.29 is 4.74 Å². The molecule has 0 spiro atoms. The summed E-state index contributed by atoms with van der Waals surface area (Å²) in [5.74, 6) is 0.568. The van der Waals surface area contributed by atoms with E-state index in [-0.39, 0.29) is 0 Å². The predicted molar refractivity (Wildman–Crippen MR) is 58.2 cm³/mol. The molecule has 2 aliphatic rings. The minimum Gasteiger partial charge on any atom is -0.375 e. The molecule has 14 heavy (non-hydrogen) atoms. The third kappa shape index (κ3) is 2.25. The second-order valence-electron chi connectivity index (χ2n) is 4.39. The molecule has 0 bridgehead atoms. The molecule has 3 atom stereocenters. The van der Waals surface area contributed by atoms with Crippen LogP contribution >= 0.6 is 0 Å². The summed E-state index contributed by atoms with van der Waals surface area (Å²) in [6, 6.07) is 0.510. The summed E-state index contributed by atoms with van der Waals surface area (Å²) in [7, 11) is 0. The molecule has 0 aromatic rings. The van der Waals surface area contributed by atoms with Gasteiger partial charge >= 0.3 is 0 Å². The monoisotopic (exact) mass is 193 g/mol. The molecule has 0 saturated carbocycles. The Morgan fingerprint density at radius 1 is 1.50 bits per heavy atom. The first-order valence-electron chi connectivity index (χ1n) is 5.45. The van der Waals surface area contributed by atoms with E-state index in [0.29, 0.717) is 18.1 Å². The van der Waals surface area contributed by atoms with Gasteiger partial charge in [-0.05, 0) is 20.3 Å². The zero-order valence-electron chi connectivity index (χ0n) is 8.99. The molecule has 1 heterocycles. The van der Waals surface area contributed by atoms with Crippen molar-refractivity contribution in [2.24, 2.45) is 5.92 Å². The van der Waals surface area contributed by atoms with Gasteiger partial charge in [-0.15, -0.1) is 0 Å². The van der Waals surface area contributed by atoms with E-state index in [1.54, 1.807) is 0 Å². The van der Waals surface area contributed by atoms with Crippen molar-refractivity contribution in [3.8, 4) is 0 Å². The molecule has 0 aromatic heterocycles. The quantitative estimate of drug-likeness (QED) is 0.686. The van der Waals surface area contributed by atoms with Crippen LogP contribution in [0.2, 0.25) is 0 Å². The Kier molecular flexibility index (Phi) is 3.04. The first kappa shape index (κ1) is 9.94. The molecule has 0 aromatic carbocycles. The second kappa shape index (κ2) is 4.28. The average Bonchev–Trinajstić information content (AvgIpc) is 2.21. The van der Waals surface area contributed by atoms with Crippen LogP contribution in [0.5, 0.6) is 0 Å². The Bertz CT molecular complexity index is 249. The lowest BCUT2D eigenvalue weighted by Crippen LogP contribution is -2.47. The summed E-state index contributed by atoms with van der Waals surface area (Å²) in [6.07, 6.45) is 8.29. The second-order valence-corrected chi connectivity index (χ2v) is 4.39. The molecule has 1 saturated heterocycles. The van der Waals surface area contributed by atoms with Crippen LogP contribution in [0.15, 0.2) is 23.8 Å². The number of nitrogens with one attached hydrogen (secondary N) is 1. The van der Waals surface area contributed by atoms with E-state index in [4.69, 9.17) is 4.74 Å². The summed E-state index contributed by atoms with van der Waals surface area (Å²) in [4.78, 5) is 0. The van der Waals surface area contributed by atoms with Crippen molar-refractivity contribution in [2.45, 2.75) is 32.4 Å². The van der Waals surface area contributed by atoms with Crippen LogP contribution in [0, 0.1) is 5.92 Å². The highest BCUT2D eigenvalue weighted by atomic mass is 16.5.